The first-order valence-corrected chi connectivity index (χ1v) is 10.9. The zero-order valence-electron chi connectivity index (χ0n) is 18.8. The molecule has 2 aromatic rings. The Hall–Kier alpha value is -3.13. The lowest BCUT2D eigenvalue weighted by Gasteiger charge is -2.32. The molecule has 0 saturated heterocycles. The molecule has 2 rings (SSSR count). The Morgan fingerprint density at radius 1 is 1.16 bits per heavy atom. The van der Waals surface area contributed by atoms with Crippen LogP contribution in [0, 0.1) is 5.92 Å². The van der Waals surface area contributed by atoms with Crippen molar-refractivity contribution in [2.45, 2.75) is 39.8 Å². The first-order valence-electron chi connectivity index (χ1n) is 10.5. The fraction of sp³-hybridized carbons (Fsp3) is 0.375. The minimum atomic E-state index is -0.948. The number of carboxylic acid groups (broad SMARTS) is 1. The molecule has 0 heterocycles. The minimum Gasteiger partial charge on any atom is -0.497 e. The van der Waals surface area contributed by atoms with Crippen LogP contribution in [0.2, 0.25) is 0 Å². The molecule has 0 bridgehead atoms. The number of ether oxygens (including phenoxy) is 2. The average Bonchev–Trinajstić information content (AvgIpc) is 2.76. The van der Waals surface area contributed by atoms with Gasteiger partial charge >= 0.3 is 11.9 Å². The maximum absolute atomic E-state index is 12.1. The summed E-state index contributed by atoms with van der Waals surface area (Å²) in [4.78, 5) is 25.7. The van der Waals surface area contributed by atoms with E-state index >= 15 is 0 Å². The molecule has 1 atom stereocenters. The number of carbonyl (C=O) groups is 2. The van der Waals surface area contributed by atoms with Gasteiger partial charge in [-0.1, -0.05) is 32.0 Å². The van der Waals surface area contributed by atoms with Crippen LogP contribution >= 0.6 is 12.2 Å². The molecule has 2 aromatic carbocycles. The number of anilines is 1. The van der Waals surface area contributed by atoms with Gasteiger partial charge in [0.15, 0.2) is 5.11 Å². The number of aliphatic carboxylic acids is 1. The van der Waals surface area contributed by atoms with Crippen molar-refractivity contribution >= 4 is 35.0 Å². The van der Waals surface area contributed by atoms with E-state index in [0.717, 1.165) is 5.56 Å². The van der Waals surface area contributed by atoms with Crippen molar-refractivity contribution in [2.75, 3.05) is 19.0 Å². The molecule has 0 saturated carbocycles. The number of benzene rings is 2. The quantitative estimate of drug-likeness (QED) is 0.395. The highest BCUT2D eigenvalue weighted by molar-refractivity contribution is 7.80. The number of nitrogens with one attached hydrogen (secondary N) is 1. The Bertz CT molecular complexity index is 930. The number of carbonyl (C=O) groups excluding carboxylic acids is 1. The van der Waals surface area contributed by atoms with Crippen LogP contribution in [0.5, 0.6) is 5.75 Å². The molecule has 172 valence electrons. The van der Waals surface area contributed by atoms with Crippen molar-refractivity contribution in [1.29, 1.82) is 0 Å². The van der Waals surface area contributed by atoms with Gasteiger partial charge in [-0.05, 0) is 61.3 Å². The summed E-state index contributed by atoms with van der Waals surface area (Å²) in [5, 5.41) is 13.4. The molecule has 0 spiro atoms. The number of hydrogen-bond acceptors (Lipinski definition) is 5. The van der Waals surface area contributed by atoms with Gasteiger partial charge in [-0.3, -0.25) is 0 Å². The topological polar surface area (TPSA) is 88.1 Å². The largest absolute Gasteiger partial charge is 0.497 e. The van der Waals surface area contributed by atoms with E-state index < -0.39 is 18.0 Å². The second-order valence-corrected chi connectivity index (χ2v) is 8.08. The molecule has 32 heavy (non-hydrogen) atoms. The summed E-state index contributed by atoms with van der Waals surface area (Å²) in [7, 11) is 1.58. The summed E-state index contributed by atoms with van der Waals surface area (Å²) >= 11 is 5.62. The van der Waals surface area contributed by atoms with Gasteiger partial charge in [0, 0.05) is 18.3 Å². The molecule has 2 N–H and O–H groups in total. The molecular formula is C24H30N2O5S. The first-order chi connectivity index (χ1) is 15.2. The fourth-order valence-corrected chi connectivity index (χ4v) is 3.49. The van der Waals surface area contributed by atoms with Gasteiger partial charge in [-0.15, -0.1) is 0 Å². The molecule has 0 aromatic heterocycles. The van der Waals surface area contributed by atoms with Gasteiger partial charge in [-0.2, -0.15) is 0 Å². The molecule has 0 radical (unpaired) electrons. The molecular weight excluding hydrogens is 428 g/mol. The summed E-state index contributed by atoms with van der Waals surface area (Å²) in [6, 6.07) is 13.3. The van der Waals surface area contributed by atoms with Crippen LogP contribution in [-0.4, -0.2) is 46.8 Å². The normalized spacial score (nSPS) is 11.5. The van der Waals surface area contributed by atoms with E-state index in [1.165, 1.54) is 0 Å². The predicted molar refractivity (Wildman–Crippen MR) is 128 cm³/mol. The molecule has 0 fully saturated rings. The molecule has 0 unspecified atom stereocenters. The van der Waals surface area contributed by atoms with Crippen LogP contribution in [0.1, 0.15) is 43.1 Å². The van der Waals surface area contributed by atoms with Crippen LogP contribution in [0.4, 0.5) is 5.69 Å². The van der Waals surface area contributed by atoms with E-state index in [-0.39, 0.29) is 12.5 Å². The lowest BCUT2D eigenvalue weighted by molar-refractivity contribution is -0.142. The summed E-state index contributed by atoms with van der Waals surface area (Å²) in [6.45, 7) is 6.26. The number of rotatable bonds is 10. The third-order valence-corrected chi connectivity index (χ3v) is 5.09. The number of nitrogens with zero attached hydrogens (tertiary/aromatic N) is 1. The number of methoxy groups -OCH3 is 1. The summed E-state index contributed by atoms with van der Waals surface area (Å²) in [6.07, 6.45) is 0.427. The smallest absolute Gasteiger partial charge is 0.338 e. The molecule has 0 aliphatic rings. The van der Waals surface area contributed by atoms with E-state index in [1.807, 2.05) is 32.0 Å². The number of thiocarbonyl (C=S) groups is 1. The molecule has 0 aliphatic heterocycles. The maximum Gasteiger partial charge on any atom is 0.338 e. The van der Waals surface area contributed by atoms with Crippen molar-refractivity contribution in [3.63, 3.8) is 0 Å². The molecule has 0 amide bonds. The van der Waals surface area contributed by atoms with Gasteiger partial charge in [0.2, 0.25) is 0 Å². The average molecular weight is 459 g/mol. The predicted octanol–water partition coefficient (Wildman–Crippen LogP) is 4.57. The summed E-state index contributed by atoms with van der Waals surface area (Å²) in [5.41, 5.74) is 1.96. The SMILES string of the molecule is CCOC(=O)c1ccc(CN(C(=S)Nc2cccc(OC)c2)[C@H](CC(C)C)C(=O)O)cc1. The van der Waals surface area contributed by atoms with Gasteiger partial charge in [0.1, 0.15) is 11.8 Å². The first kappa shape index (κ1) is 25.1. The molecule has 7 nitrogen and oxygen atoms in total. The van der Waals surface area contributed by atoms with Crippen molar-refractivity contribution in [3.05, 3.63) is 59.7 Å². The number of hydrogen-bond donors (Lipinski definition) is 2. The third kappa shape index (κ3) is 7.23. The number of carboxylic acids is 1. The van der Waals surface area contributed by atoms with Crippen LogP contribution in [0.3, 0.4) is 0 Å². The van der Waals surface area contributed by atoms with E-state index in [4.69, 9.17) is 21.7 Å². The van der Waals surface area contributed by atoms with Crippen LogP contribution in [-0.2, 0) is 16.1 Å². The fourth-order valence-electron chi connectivity index (χ4n) is 3.18. The van der Waals surface area contributed by atoms with Crippen molar-refractivity contribution in [1.82, 2.24) is 4.90 Å². The minimum absolute atomic E-state index is 0.157. The van der Waals surface area contributed by atoms with Crippen molar-refractivity contribution in [3.8, 4) is 5.75 Å². The Morgan fingerprint density at radius 3 is 2.41 bits per heavy atom. The Morgan fingerprint density at radius 2 is 1.84 bits per heavy atom. The highest BCUT2D eigenvalue weighted by Gasteiger charge is 2.29. The van der Waals surface area contributed by atoms with Crippen LogP contribution in [0.25, 0.3) is 0 Å². The van der Waals surface area contributed by atoms with Gasteiger partial charge in [0.05, 0.1) is 19.3 Å². The Labute approximate surface area is 194 Å². The van der Waals surface area contributed by atoms with Gasteiger partial charge in [0.25, 0.3) is 0 Å². The molecule has 8 heteroatoms. The molecule has 0 aliphatic carbocycles. The lowest BCUT2D eigenvalue weighted by Crippen LogP contribution is -2.47. The van der Waals surface area contributed by atoms with Crippen LogP contribution < -0.4 is 10.1 Å². The Kier molecular flexibility index (Phi) is 9.46. The maximum atomic E-state index is 12.1. The van der Waals surface area contributed by atoms with E-state index in [0.29, 0.717) is 35.1 Å². The zero-order chi connectivity index (χ0) is 23.7. The third-order valence-electron chi connectivity index (χ3n) is 4.76. The van der Waals surface area contributed by atoms with Crippen LogP contribution in [0.15, 0.2) is 48.5 Å². The highest BCUT2D eigenvalue weighted by atomic mass is 32.1. The van der Waals surface area contributed by atoms with Crippen molar-refractivity contribution in [2.24, 2.45) is 5.92 Å². The van der Waals surface area contributed by atoms with E-state index in [2.05, 4.69) is 5.32 Å². The van der Waals surface area contributed by atoms with E-state index in [9.17, 15) is 14.7 Å². The second kappa shape index (κ2) is 12.0. The summed E-state index contributed by atoms with van der Waals surface area (Å²) < 4.78 is 10.3. The van der Waals surface area contributed by atoms with Crippen molar-refractivity contribution < 1.29 is 24.2 Å². The monoisotopic (exact) mass is 458 g/mol. The zero-order valence-corrected chi connectivity index (χ0v) is 19.6. The highest BCUT2D eigenvalue weighted by Crippen LogP contribution is 2.21. The van der Waals surface area contributed by atoms with E-state index in [1.54, 1.807) is 49.3 Å². The second-order valence-electron chi connectivity index (χ2n) is 7.69. The lowest BCUT2D eigenvalue weighted by atomic mass is 10.0. The summed E-state index contributed by atoms with van der Waals surface area (Å²) in [5.74, 6) is -0.522. The van der Waals surface area contributed by atoms with Gasteiger partial charge in [-0.25, -0.2) is 9.59 Å². The van der Waals surface area contributed by atoms with Gasteiger partial charge < -0.3 is 24.8 Å². The number of esters is 1. The Balaban J connectivity index is 2.29. The standard InChI is InChI=1S/C24H30N2O5S/c1-5-31-23(29)18-11-9-17(10-12-18)15-26(21(22(27)28)13-16(2)3)24(32)25-19-7-6-8-20(14-19)30-4/h6-12,14,16,21H,5,13,15H2,1-4H3,(H,25,32)(H,27,28)/t21-/m1/s1.